The van der Waals surface area contributed by atoms with Crippen LogP contribution < -0.4 is 5.32 Å². The minimum atomic E-state index is -0.551. The van der Waals surface area contributed by atoms with E-state index in [0.29, 0.717) is 18.4 Å². The van der Waals surface area contributed by atoms with Crippen LogP contribution >= 0.6 is 0 Å². The molecule has 0 atom stereocenters. The summed E-state index contributed by atoms with van der Waals surface area (Å²) in [6.45, 7) is 6.12. The number of carbonyl (C=O) groups is 1. The molecule has 0 radical (unpaired) electrons. The molecular weight excluding hydrogens is 393 g/mol. The Morgan fingerprint density at radius 1 is 1.10 bits per heavy atom. The molecule has 5 nitrogen and oxygen atoms in total. The zero-order valence-electron chi connectivity index (χ0n) is 18.3. The Morgan fingerprint density at radius 3 is 2.55 bits per heavy atom. The maximum absolute atomic E-state index is 14.1. The molecule has 31 heavy (non-hydrogen) atoms. The minimum Gasteiger partial charge on any atom is -0.436 e. The van der Waals surface area contributed by atoms with E-state index in [1.807, 2.05) is 6.07 Å². The van der Waals surface area contributed by atoms with Gasteiger partial charge in [-0.15, -0.1) is 0 Å². The molecule has 2 heterocycles. The number of aromatic nitrogens is 2. The topological polar surface area (TPSA) is 56.1 Å². The summed E-state index contributed by atoms with van der Waals surface area (Å²) in [5.74, 6) is 6.12. The Hall–Kier alpha value is -3.59. The molecule has 160 valence electrons. The third-order valence-corrected chi connectivity index (χ3v) is 4.85. The summed E-state index contributed by atoms with van der Waals surface area (Å²) in [5, 5.41) is 2.34. The fourth-order valence-corrected chi connectivity index (χ4v) is 3.44. The van der Waals surface area contributed by atoms with Crippen LogP contribution in [0.1, 0.15) is 33.8 Å². The van der Waals surface area contributed by atoms with Gasteiger partial charge in [0.05, 0.1) is 0 Å². The van der Waals surface area contributed by atoms with Gasteiger partial charge in [-0.25, -0.2) is 14.2 Å². The molecule has 3 rings (SSSR count). The number of nitrogens with one attached hydrogen (secondary N) is 1. The highest BCUT2D eigenvalue weighted by Crippen LogP contribution is 2.18. The quantitative estimate of drug-likeness (QED) is 0.623. The molecule has 0 fully saturated rings. The highest BCUT2D eigenvalue weighted by Gasteiger charge is 2.08. The molecule has 0 saturated carbocycles. The van der Waals surface area contributed by atoms with Crippen LogP contribution in [0.15, 0.2) is 42.5 Å². The lowest BCUT2D eigenvalue weighted by atomic mass is 10.0. The molecule has 1 aromatic carbocycles. The maximum atomic E-state index is 14.1. The monoisotopic (exact) mass is 419 g/mol. The highest BCUT2D eigenvalue weighted by atomic mass is 19.1. The average Bonchev–Trinajstić information content (AvgIpc) is 3.07. The zero-order valence-corrected chi connectivity index (χ0v) is 18.3. The van der Waals surface area contributed by atoms with Crippen LogP contribution in [0, 0.1) is 38.4 Å². The van der Waals surface area contributed by atoms with Gasteiger partial charge in [0.15, 0.2) is 6.61 Å². The molecule has 1 amide bonds. The number of ether oxygens (including phenoxy) is 1. The van der Waals surface area contributed by atoms with Crippen molar-refractivity contribution in [3.05, 3.63) is 82.1 Å². The number of hydrogen-bond donors (Lipinski definition) is 1. The Bertz CT molecular complexity index is 1140. The summed E-state index contributed by atoms with van der Waals surface area (Å²) in [6, 6.07) is 13.0. The summed E-state index contributed by atoms with van der Waals surface area (Å²) >= 11 is 0. The van der Waals surface area contributed by atoms with E-state index in [0.717, 1.165) is 34.0 Å². The number of amides is 1. The van der Waals surface area contributed by atoms with E-state index >= 15 is 0 Å². The number of rotatable bonds is 5. The van der Waals surface area contributed by atoms with E-state index in [2.05, 4.69) is 66.8 Å². The molecule has 0 spiro atoms. The van der Waals surface area contributed by atoms with Crippen molar-refractivity contribution in [3.63, 3.8) is 0 Å². The van der Waals surface area contributed by atoms with E-state index in [-0.39, 0.29) is 12.4 Å². The van der Waals surface area contributed by atoms with E-state index in [9.17, 15) is 9.18 Å². The van der Waals surface area contributed by atoms with Crippen molar-refractivity contribution in [2.24, 2.45) is 0 Å². The zero-order chi connectivity index (χ0) is 22.4. The molecule has 0 bridgehead atoms. The van der Waals surface area contributed by atoms with Crippen molar-refractivity contribution < 1.29 is 13.9 Å². The lowest BCUT2D eigenvalue weighted by molar-refractivity contribution is 0.162. The summed E-state index contributed by atoms with van der Waals surface area (Å²) < 4.78 is 21.0. The van der Waals surface area contributed by atoms with Crippen molar-refractivity contribution in [3.8, 4) is 17.7 Å². The first-order valence-corrected chi connectivity index (χ1v) is 10.1. The van der Waals surface area contributed by atoms with Gasteiger partial charge in [-0.1, -0.05) is 11.8 Å². The van der Waals surface area contributed by atoms with E-state index in [4.69, 9.17) is 9.72 Å². The van der Waals surface area contributed by atoms with Crippen molar-refractivity contribution >= 4 is 6.09 Å². The van der Waals surface area contributed by atoms with Crippen molar-refractivity contribution in [2.75, 3.05) is 13.7 Å². The predicted octanol–water partition coefficient (Wildman–Crippen LogP) is 4.43. The standard InChI is InChI=1S/C25H26FN3O2/c1-17-12-23(28-24(13-17)29-18(2)7-8-19(29)3)10-9-21-14-20(15-22(26)16-21)6-5-11-31-25(30)27-4/h7-8,12-16H,9-11H2,1-4H3,(H,27,30). The second-order valence-electron chi connectivity index (χ2n) is 7.42. The van der Waals surface area contributed by atoms with Gasteiger partial charge in [0.25, 0.3) is 0 Å². The number of carbonyl (C=O) groups excluding carboxylic acids is 1. The molecule has 0 aliphatic heterocycles. The number of hydrogen-bond acceptors (Lipinski definition) is 3. The molecule has 6 heteroatoms. The number of halogens is 1. The largest absolute Gasteiger partial charge is 0.436 e. The number of pyridine rings is 1. The molecule has 0 aliphatic rings. The SMILES string of the molecule is CNC(=O)OCC#Cc1cc(F)cc(CCc2cc(C)cc(-n3c(C)ccc3C)n2)c1. The van der Waals surface area contributed by atoms with Crippen LogP contribution in [0.4, 0.5) is 9.18 Å². The first-order chi connectivity index (χ1) is 14.9. The summed E-state index contributed by atoms with van der Waals surface area (Å²) in [6.07, 6.45) is 0.773. The molecule has 0 saturated heterocycles. The second kappa shape index (κ2) is 9.94. The molecule has 0 aliphatic carbocycles. The Balaban J connectivity index is 1.74. The highest BCUT2D eigenvalue weighted by molar-refractivity contribution is 5.66. The lowest BCUT2D eigenvalue weighted by Gasteiger charge is -2.12. The summed E-state index contributed by atoms with van der Waals surface area (Å²) in [4.78, 5) is 15.9. The number of benzene rings is 1. The van der Waals surface area contributed by atoms with Gasteiger partial charge in [-0.3, -0.25) is 0 Å². The van der Waals surface area contributed by atoms with Gasteiger partial charge in [0.1, 0.15) is 11.6 Å². The molecule has 0 unspecified atom stereocenters. The summed E-state index contributed by atoms with van der Waals surface area (Å²) in [7, 11) is 1.47. The third-order valence-electron chi connectivity index (χ3n) is 4.85. The Morgan fingerprint density at radius 2 is 1.84 bits per heavy atom. The van der Waals surface area contributed by atoms with Crippen molar-refractivity contribution in [1.29, 1.82) is 0 Å². The average molecular weight is 420 g/mol. The van der Waals surface area contributed by atoms with Crippen molar-refractivity contribution in [1.82, 2.24) is 14.9 Å². The summed E-state index contributed by atoms with van der Waals surface area (Å²) in [5.41, 5.74) is 5.75. The lowest BCUT2D eigenvalue weighted by Crippen LogP contribution is -2.19. The van der Waals surface area contributed by atoms with Gasteiger partial charge < -0.3 is 14.6 Å². The molecule has 1 N–H and O–H groups in total. The van der Waals surface area contributed by atoms with Crippen LogP contribution in [0.25, 0.3) is 5.82 Å². The Labute approximate surface area is 182 Å². The van der Waals surface area contributed by atoms with Crippen LogP contribution in [-0.2, 0) is 17.6 Å². The van der Waals surface area contributed by atoms with E-state index < -0.39 is 6.09 Å². The third kappa shape index (κ3) is 5.95. The van der Waals surface area contributed by atoms with Gasteiger partial charge in [-0.2, -0.15) is 0 Å². The van der Waals surface area contributed by atoms with Crippen molar-refractivity contribution in [2.45, 2.75) is 33.6 Å². The number of aryl methyl sites for hydroxylation is 5. The molecule has 3 aromatic rings. The normalized spacial score (nSPS) is 10.4. The smallest absolute Gasteiger partial charge is 0.407 e. The first-order valence-electron chi connectivity index (χ1n) is 10.1. The fraction of sp³-hybridized carbons (Fsp3) is 0.280. The Kier molecular flexibility index (Phi) is 7.09. The van der Waals surface area contributed by atoms with Crippen LogP contribution in [0.3, 0.4) is 0 Å². The van der Waals surface area contributed by atoms with Crippen LogP contribution in [0.5, 0.6) is 0 Å². The maximum Gasteiger partial charge on any atom is 0.407 e. The van der Waals surface area contributed by atoms with E-state index in [1.54, 1.807) is 0 Å². The first kappa shape index (κ1) is 22.1. The minimum absolute atomic E-state index is 0.0558. The fourth-order valence-electron chi connectivity index (χ4n) is 3.44. The predicted molar refractivity (Wildman–Crippen MR) is 119 cm³/mol. The van der Waals surface area contributed by atoms with Crippen LogP contribution in [0.2, 0.25) is 0 Å². The molecule has 2 aromatic heterocycles. The molecular formula is C25H26FN3O2. The number of alkyl carbamates (subject to hydrolysis) is 1. The van der Waals surface area contributed by atoms with Gasteiger partial charge >= 0.3 is 6.09 Å². The van der Waals surface area contributed by atoms with Crippen LogP contribution in [-0.4, -0.2) is 29.3 Å². The van der Waals surface area contributed by atoms with Gasteiger partial charge in [0.2, 0.25) is 0 Å². The second-order valence-corrected chi connectivity index (χ2v) is 7.42. The van der Waals surface area contributed by atoms with E-state index in [1.165, 1.54) is 19.2 Å². The van der Waals surface area contributed by atoms with Gasteiger partial charge in [-0.05, 0) is 87.2 Å². The van der Waals surface area contributed by atoms with Gasteiger partial charge in [0, 0.05) is 29.7 Å². The number of nitrogens with zero attached hydrogens (tertiary/aromatic N) is 2.